The van der Waals surface area contributed by atoms with Gasteiger partial charge in [-0.1, -0.05) is 36.4 Å². The number of esters is 1. The summed E-state index contributed by atoms with van der Waals surface area (Å²) in [6, 6.07) is 9.61. The fourth-order valence-corrected chi connectivity index (χ4v) is 1.54. The molecule has 0 fully saturated rings. The van der Waals surface area contributed by atoms with E-state index in [1.807, 2.05) is 30.3 Å². The summed E-state index contributed by atoms with van der Waals surface area (Å²) >= 11 is 0. The van der Waals surface area contributed by atoms with Gasteiger partial charge in [-0.05, 0) is 19.4 Å². The van der Waals surface area contributed by atoms with Gasteiger partial charge < -0.3 is 14.3 Å². The van der Waals surface area contributed by atoms with Crippen molar-refractivity contribution in [3.8, 4) is 0 Å². The lowest BCUT2D eigenvalue weighted by Gasteiger charge is -2.22. The highest BCUT2D eigenvalue weighted by Gasteiger charge is 2.22. The molecule has 0 aliphatic carbocycles. The number of carbonyl (C=O) groups is 2. The maximum Gasteiger partial charge on any atom is 0.330 e. The molecular formula is C16H20O4. The average Bonchev–Trinajstić information content (AvgIpc) is 2.46. The van der Waals surface area contributed by atoms with E-state index in [2.05, 4.69) is 0 Å². The summed E-state index contributed by atoms with van der Waals surface area (Å²) in [5, 5.41) is 0. The number of carbonyl (C=O) groups excluding carboxylic acids is 2. The molecule has 0 saturated carbocycles. The summed E-state index contributed by atoms with van der Waals surface area (Å²) < 4.78 is 10.4. The van der Waals surface area contributed by atoms with Gasteiger partial charge in [-0.3, -0.25) is 0 Å². The third-order valence-corrected chi connectivity index (χ3v) is 2.72. The number of benzene rings is 1. The molecule has 108 valence electrons. The summed E-state index contributed by atoms with van der Waals surface area (Å²) in [7, 11) is 0. The van der Waals surface area contributed by atoms with Crippen LogP contribution in [0.5, 0.6) is 0 Å². The van der Waals surface area contributed by atoms with Gasteiger partial charge in [0.25, 0.3) is 0 Å². The molecule has 4 nitrogen and oxygen atoms in total. The van der Waals surface area contributed by atoms with Crippen LogP contribution in [0.2, 0.25) is 0 Å². The van der Waals surface area contributed by atoms with Crippen molar-refractivity contribution >= 4 is 12.3 Å². The second kappa shape index (κ2) is 8.27. The maximum absolute atomic E-state index is 11.2. The molecule has 1 unspecified atom stereocenters. The molecular weight excluding hydrogens is 256 g/mol. The Bertz CT molecular complexity index is 453. The Morgan fingerprint density at radius 1 is 1.30 bits per heavy atom. The highest BCUT2D eigenvalue weighted by atomic mass is 16.5. The highest BCUT2D eigenvalue weighted by Crippen LogP contribution is 2.16. The van der Waals surface area contributed by atoms with Crippen LogP contribution in [0, 0.1) is 0 Å². The minimum absolute atomic E-state index is 0.322. The van der Waals surface area contributed by atoms with Crippen LogP contribution in [0.1, 0.15) is 25.8 Å². The van der Waals surface area contributed by atoms with Crippen LogP contribution in [0.4, 0.5) is 0 Å². The van der Waals surface area contributed by atoms with Crippen molar-refractivity contribution in [1.82, 2.24) is 0 Å². The van der Waals surface area contributed by atoms with Gasteiger partial charge in [-0.2, -0.15) is 0 Å². The normalized spacial score (nSPS) is 13.9. The average molecular weight is 276 g/mol. The Kier molecular flexibility index (Phi) is 6.67. The van der Waals surface area contributed by atoms with Crippen LogP contribution in [0.25, 0.3) is 0 Å². The molecule has 0 aliphatic rings. The Hall–Kier alpha value is -1.94. The predicted molar refractivity (Wildman–Crippen MR) is 76.1 cm³/mol. The first kappa shape index (κ1) is 16.1. The van der Waals surface area contributed by atoms with E-state index in [1.54, 1.807) is 19.9 Å². The largest absolute Gasteiger partial charge is 0.463 e. The first-order valence-corrected chi connectivity index (χ1v) is 6.57. The van der Waals surface area contributed by atoms with Crippen LogP contribution < -0.4 is 0 Å². The van der Waals surface area contributed by atoms with Gasteiger partial charge in [0.1, 0.15) is 5.60 Å². The predicted octanol–water partition coefficient (Wildman–Crippen LogP) is 2.67. The minimum Gasteiger partial charge on any atom is -0.463 e. The van der Waals surface area contributed by atoms with Crippen molar-refractivity contribution in [2.75, 3.05) is 6.61 Å². The van der Waals surface area contributed by atoms with Gasteiger partial charge in [0.05, 0.1) is 13.2 Å². The van der Waals surface area contributed by atoms with Crippen molar-refractivity contribution < 1.29 is 19.1 Å². The van der Waals surface area contributed by atoms with Crippen LogP contribution in [0.15, 0.2) is 42.5 Å². The molecule has 4 heteroatoms. The third-order valence-electron chi connectivity index (χ3n) is 2.72. The van der Waals surface area contributed by atoms with Gasteiger partial charge >= 0.3 is 5.97 Å². The van der Waals surface area contributed by atoms with E-state index in [0.717, 1.165) is 11.8 Å². The standard InChI is InChI=1S/C16H20O4/c1-3-19-15(18)10-7-11-16(2,13-17)20-12-14-8-5-4-6-9-14/h4-10,13H,3,11-12H2,1-2H3/b10-7+. The SMILES string of the molecule is CCOC(=O)/C=C/CC(C)(C=O)OCc1ccccc1. The smallest absolute Gasteiger partial charge is 0.330 e. The lowest BCUT2D eigenvalue weighted by atomic mass is 10.0. The van der Waals surface area contributed by atoms with Crippen molar-refractivity contribution in [3.63, 3.8) is 0 Å². The third kappa shape index (κ3) is 5.80. The number of hydrogen-bond donors (Lipinski definition) is 0. The van der Waals surface area contributed by atoms with E-state index in [0.29, 0.717) is 19.6 Å². The summed E-state index contributed by atoms with van der Waals surface area (Å²) in [6.45, 7) is 4.12. The van der Waals surface area contributed by atoms with Crippen LogP contribution in [0.3, 0.4) is 0 Å². The van der Waals surface area contributed by atoms with E-state index in [-0.39, 0.29) is 0 Å². The van der Waals surface area contributed by atoms with Gasteiger partial charge in [-0.15, -0.1) is 0 Å². The maximum atomic E-state index is 11.2. The monoisotopic (exact) mass is 276 g/mol. The molecule has 0 aliphatic heterocycles. The second-order valence-electron chi connectivity index (χ2n) is 4.56. The van der Waals surface area contributed by atoms with Crippen molar-refractivity contribution in [1.29, 1.82) is 0 Å². The number of ether oxygens (including phenoxy) is 2. The van der Waals surface area contributed by atoms with Crippen LogP contribution >= 0.6 is 0 Å². The molecule has 1 rings (SSSR count). The molecule has 0 spiro atoms. The topological polar surface area (TPSA) is 52.6 Å². The summed E-state index contributed by atoms with van der Waals surface area (Å²) in [6.07, 6.45) is 3.99. The lowest BCUT2D eigenvalue weighted by molar-refractivity contribution is -0.137. The first-order chi connectivity index (χ1) is 9.59. The number of rotatable bonds is 8. The van der Waals surface area contributed by atoms with E-state index in [9.17, 15) is 9.59 Å². The Labute approximate surface area is 119 Å². The Morgan fingerprint density at radius 2 is 2.00 bits per heavy atom. The number of hydrogen-bond acceptors (Lipinski definition) is 4. The van der Waals surface area contributed by atoms with Crippen LogP contribution in [-0.4, -0.2) is 24.5 Å². The molecule has 20 heavy (non-hydrogen) atoms. The molecule has 0 heterocycles. The van der Waals surface area contributed by atoms with Gasteiger partial charge in [0.15, 0.2) is 6.29 Å². The number of aldehydes is 1. The van der Waals surface area contributed by atoms with Gasteiger partial charge in [0.2, 0.25) is 0 Å². The van der Waals surface area contributed by atoms with Crippen molar-refractivity contribution in [3.05, 3.63) is 48.0 Å². The van der Waals surface area contributed by atoms with E-state index < -0.39 is 11.6 Å². The molecule has 1 aromatic carbocycles. The van der Waals surface area contributed by atoms with E-state index in [1.165, 1.54) is 6.08 Å². The summed E-state index contributed by atoms with van der Waals surface area (Å²) in [4.78, 5) is 22.3. The van der Waals surface area contributed by atoms with E-state index in [4.69, 9.17) is 9.47 Å². The molecule has 1 aromatic rings. The molecule has 0 aromatic heterocycles. The lowest BCUT2D eigenvalue weighted by Crippen LogP contribution is -2.29. The fraction of sp³-hybridized carbons (Fsp3) is 0.375. The van der Waals surface area contributed by atoms with E-state index >= 15 is 0 Å². The zero-order valence-corrected chi connectivity index (χ0v) is 11.9. The molecule has 0 saturated heterocycles. The summed E-state index contributed by atoms with van der Waals surface area (Å²) in [5.74, 6) is -0.413. The highest BCUT2D eigenvalue weighted by molar-refractivity contribution is 5.82. The van der Waals surface area contributed by atoms with Gasteiger partial charge in [0, 0.05) is 12.5 Å². The minimum atomic E-state index is -0.946. The molecule has 0 radical (unpaired) electrons. The molecule has 0 N–H and O–H groups in total. The fourth-order valence-electron chi connectivity index (χ4n) is 1.54. The quantitative estimate of drug-likeness (QED) is 0.416. The first-order valence-electron chi connectivity index (χ1n) is 6.57. The molecule has 0 bridgehead atoms. The van der Waals surface area contributed by atoms with Gasteiger partial charge in [-0.25, -0.2) is 4.79 Å². The molecule has 1 atom stereocenters. The zero-order valence-electron chi connectivity index (χ0n) is 11.9. The Morgan fingerprint density at radius 3 is 2.60 bits per heavy atom. The van der Waals surface area contributed by atoms with Crippen molar-refractivity contribution in [2.24, 2.45) is 0 Å². The summed E-state index contributed by atoms with van der Waals surface area (Å²) in [5.41, 5.74) is 0.0497. The second-order valence-corrected chi connectivity index (χ2v) is 4.56. The van der Waals surface area contributed by atoms with Crippen LogP contribution in [-0.2, 0) is 25.7 Å². The zero-order chi connectivity index (χ0) is 14.8. The molecule has 0 amide bonds. The Balaban J connectivity index is 2.50. The van der Waals surface area contributed by atoms with Crippen molar-refractivity contribution in [2.45, 2.75) is 32.5 Å².